The standard InChI is InChI=1S/C15H18FNO2/c1-9-12-7-11(16)3-4-13(12)19-15(9)14(17-2)10-5-6-18-8-10/h3-4,7,10,14,17H,5-6,8H2,1-2H3. The van der Waals surface area contributed by atoms with E-state index in [1.54, 1.807) is 6.07 Å². The summed E-state index contributed by atoms with van der Waals surface area (Å²) >= 11 is 0. The van der Waals surface area contributed by atoms with Gasteiger partial charge in [0.05, 0.1) is 12.6 Å². The minimum absolute atomic E-state index is 0.123. The monoisotopic (exact) mass is 263 g/mol. The molecule has 19 heavy (non-hydrogen) atoms. The normalized spacial score (nSPS) is 21.1. The fourth-order valence-corrected chi connectivity index (χ4v) is 2.91. The second kappa shape index (κ2) is 4.94. The summed E-state index contributed by atoms with van der Waals surface area (Å²) in [6, 6.07) is 4.79. The number of aryl methyl sites for hydroxylation is 1. The third-order valence-corrected chi connectivity index (χ3v) is 3.96. The summed E-state index contributed by atoms with van der Waals surface area (Å²) in [5, 5.41) is 4.16. The van der Waals surface area contributed by atoms with E-state index in [9.17, 15) is 4.39 Å². The van der Waals surface area contributed by atoms with Gasteiger partial charge in [-0.1, -0.05) is 0 Å². The Morgan fingerprint density at radius 3 is 2.95 bits per heavy atom. The van der Waals surface area contributed by atoms with E-state index in [2.05, 4.69) is 5.32 Å². The summed E-state index contributed by atoms with van der Waals surface area (Å²) in [6.07, 6.45) is 1.02. The quantitative estimate of drug-likeness (QED) is 0.923. The second-order valence-corrected chi connectivity index (χ2v) is 5.12. The number of benzene rings is 1. The fourth-order valence-electron chi connectivity index (χ4n) is 2.91. The van der Waals surface area contributed by atoms with Crippen molar-refractivity contribution in [2.24, 2.45) is 5.92 Å². The van der Waals surface area contributed by atoms with Gasteiger partial charge in [0.2, 0.25) is 0 Å². The molecule has 1 aliphatic rings. The molecule has 1 aromatic heterocycles. The number of hydrogen-bond donors (Lipinski definition) is 1. The summed E-state index contributed by atoms with van der Waals surface area (Å²) in [6.45, 7) is 3.54. The van der Waals surface area contributed by atoms with Crippen molar-refractivity contribution >= 4 is 11.0 Å². The Morgan fingerprint density at radius 2 is 2.26 bits per heavy atom. The van der Waals surface area contributed by atoms with Gasteiger partial charge in [0.1, 0.15) is 17.2 Å². The van der Waals surface area contributed by atoms with Gasteiger partial charge >= 0.3 is 0 Å². The van der Waals surface area contributed by atoms with Crippen LogP contribution in [0.5, 0.6) is 0 Å². The Hall–Kier alpha value is -1.39. The predicted octanol–water partition coefficient (Wildman–Crippen LogP) is 3.18. The van der Waals surface area contributed by atoms with Crippen LogP contribution in [0.4, 0.5) is 4.39 Å². The Balaban J connectivity index is 2.05. The van der Waals surface area contributed by atoms with Crippen molar-refractivity contribution in [3.05, 3.63) is 35.3 Å². The highest BCUT2D eigenvalue weighted by molar-refractivity contribution is 5.82. The first-order valence-corrected chi connectivity index (χ1v) is 6.64. The molecule has 0 bridgehead atoms. The average molecular weight is 263 g/mol. The lowest BCUT2D eigenvalue weighted by atomic mass is 9.94. The van der Waals surface area contributed by atoms with E-state index in [0.29, 0.717) is 5.92 Å². The van der Waals surface area contributed by atoms with Crippen molar-refractivity contribution in [1.29, 1.82) is 0 Å². The Labute approximate surface area is 111 Å². The zero-order valence-electron chi connectivity index (χ0n) is 11.2. The van der Waals surface area contributed by atoms with Gasteiger partial charge in [0, 0.05) is 23.5 Å². The molecule has 0 radical (unpaired) electrons. The maximum atomic E-state index is 13.3. The number of furan rings is 1. The average Bonchev–Trinajstić information content (AvgIpc) is 3.02. The molecular weight excluding hydrogens is 245 g/mol. The predicted molar refractivity (Wildman–Crippen MR) is 71.6 cm³/mol. The van der Waals surface area contributed by atoms with E-state index in [1.807, 2.05) is 14.0 Å². The number of halogens is 1. The largest absolute Gasteiger partial charge is 0.459 e. The lowest BCUT2D eigenvalue weighted by molar-refractivity contribution is 0.174. The number of ether oxygens (including phenoxy) is 1. The van der Waals surface area contributed by atoms with Crippen molar-refractivity contribution in [3.8, 4) is 0 Å². The van der Waals surface area contributed by atoms with E-state index in [1.165, 1.54) is 12.1 Å². The molecule has 2 aromatic rings. The molecule has 102 valence electrons. The number of nitrogens with one attached hydrogen (secondary N) is 1. The van der Waals surface area contributed by atoms with Crippen molar-refractivity contribution < 1.29 is 13.5 Å². The third-order valence-electron chi connectivity index (χ3n) is 3.96. The van der Waals surface area contributed by atoms with Gasteiger partial charge < -0.3 is 14.5 Å². The molecule has 1 aliphatic heterocycles. The first kappa shape index (κ1) is 12.6. The van der Waals surface area contributed by atoms with Gasteiger partial charge in [-0.25, -0.2) is 4.39 Å². The molecule has 0 aliphatic carbocycles. The minimum Gasteiger partial charge on any atom is -0.459 e. The molecule has 1 saturated heterocycles. The van der Waals surface area contributed by atoms with E-state index >= 15 is 0 Å². The number of hydrogen-bond acceptors (Lipinski definition) is 3. The first-order valence-electron chi connectivity index (χ1n) is 6.64. The summed E-state index contributed by atoms with van der Waals surface area (Å²) < 4.78 is 24.7. The van der Waals surface area contributed by atoms with Crippen molar-refractivity contribution in [2.75, 3.05) is 20.3 Å². The SMILES string of the molecule is CNC(c1oc2ccc(F)cc2c1C)C1CCOC1. The molecule has 4 heteroatoms. The maximum Gasteiger partial charge on any atom is 0.134 e. The molecule has 0 spiro atoms. The van der Waals surface area contributed by atoms with E-state index in [4.69, 9.17) is 9.15 Å². The van der Waals surface area contributed by atoms with Crippen LogP contribution in [0.3, 0.4) is 0 Å². The van der Waals surface area contributed by atoms with Crippen LogP contribution in [0.1, 0.15) is 23.8 Å². The third kappa shape index (κ3) is 2.15. The molecule has 2 unspecified atom stereocenters. The highest BCUT2D eigenvalue weighted by atomic mass is 19.1. The van der Waals surface area contributed by atoms with E-state index in [-0.39, 0.29) is 11.9 Å². The highest BCUT2D eigenvalue weighted by Gasteiger charge is 2.30. The van der Waals surface area contributed by atoms with Gasteiger partial charge in [-0.05, 0) is 38.6 Å². The molecule has 1 fully saturated rings. The Bertz CT molecular complexity index is 587. The van der Waals surface area contributed by atoms with Gasteiger partial charge in [-0.3, -0.25) is 0 Å². The number of fused-ring (bicyclic) bond motifs is 1. The lowest BCUT2D eigenvalue weighted by Gasteiger charge is -2.20. The van der Waals surface area contributed by atoms with Crippen molar-refractivity contribution in [3.63, 3.8) is 0 Å². The summed E-state index contributed by atoms with van der Waals surface area (Å²) in [4.78, 5) is 0. The topological polar surface area (TPSA) is 34.4 Å². The lowest BCUT2D eigenvalue weighted by Crippen LogP contribution is -2.25. The van der Waals surface area contributed by atoms with Crippen LogP contribution < -0.4 is 5.32 Å². The number of rotatable bonds is 3. The Kier molecular flexibility index (Phi) is 3.29. The molecule has 3 nitrogen and oxygen atoms in total. The molecule has 2 heterocycles. The molecule has 0 amide bonds. The van der Waals surface area contributed by atoms with E-state index in [0.717, 1.165) is 41.9 Å². The molecule has 1 aromatic carbocycles. The van der Waals surface area contributed by atoms with Crippen LogP contribution in [0.15, 0.2) is 22.6 Å². The van der Waals surface area contributed by atoms with E-state index < -0.39 is 0 Å². The maximum absolute atomic E-state index is 13.3. The zero-order valence-corrected chi connectivity index (χ0v) is 11.2. The fraction of sp³-hybridized carbons (Fsp3) is 0.467. The zero-order chi connectivity index (χ0) is 13.4. The van der Waals surface area contributed by atoms with Crippen LogP contribution in [-0.2, 0) is 4.74 Å². The van der Waals surface area contributed by atoms with Gasteiger partial charge in [-0.15, -0.1) is 0 Å². The Morgan fingerprint density at radius 1 is 1.42 bits per heavy atom. The molecule has 3 rings (SSSR count). The van der Waals surface area contributed by atoms with Crippen LogP contribution >= 0.6 is 0 Å². The molecular formula is C15H18FNO2. The smallest absolute Gasteiger partial charge is 0.134 e. The summed E-state index contributed by atoms with van der Waals surface area (Å²) in [5.74, 6) is 1.08. The molecule has 1 N–H and O–H groups in total. The first-order chi connectivity index (χ1) is 9.20. The van der Waals surface area contributed by atoms with Gasteiger partial charge in [0.15, 0.2) is 0 Å². The summed E-state index contributed by atoms with van der Waals surface area (Å²) in [7, 11) is 1.93. The van der Waals surface area contributed by atoms with Crippen LogP contribution in [-0.4, -0.2) is 20.3 Å². The molecule has 2 atom stereocenters. The van der Waals surface area contributed by atoms with Crippen molar-refractivity contribution in [1.82, 2.24) is 5.32 Å². The highest BCUT2D eigenvalue weighted by Crippen LogP contribution is 2.35. The van der Waals surface area contributed by atoms with Crippen LogP contribution in [0.25, 0.3) is 11.0 Å². The summed E-state index contributed by atoms with van der Waals surface area (Å²) in [5.41, 5.74) is 1.76. The van der Waals surface area contributed by atoms with Crippen molar-refractivity contribution in [2.45, 2.75) is 19.4 Å². The minimum atomic E-state index is -0.229. The molecule has 0 saturated carbocycles. The van der Waals surface area contributed by atoms with Gasteiger partial charge in [-0.2, -0.15) is 0 Å². The second-order valence-electron chi connectivity index (χ2n) is 5.12. The van der Waals surface area contributed by atoms with Crippen LogP contribution in [0, 0.1) is 18.7 Å². The van der Waals surface area contributed by atoms with Gasteiger partial charge in [0.25, 0.3) is 0 Å². The van der Waals surface area contributed by atoms with Crippen LogP contribution in [0.2, 0.25) is 0 Å².